The van der Waals surface area contributed by atoms with Crippen molar-refractivity contribution in [2.45, 2.75) is 62.7 Å². The molecule has 1 aromatic carbocycles. The number of carbonyl (C=O) groups excluding carboxylic acids is 2. The van der Waals surface area contributed by atoms with Crippen LogP contribution in [0, 0.1) is 5.92 Å². The zero-order chi connectivity index (χ0) is 25.9. The van der Waals surface area contributed by atoms with Gasteiger partial charge in [-0.15, -0.1) is 0 Å². The van der Waals surface area contributed by atoms with Crippen molar-refractivity contribution in [1.29, 1.82) is 0 Å². The highest BCUT2D eigenvalue weighted by atomic mass is 16.6. The first kappa shape index (κ1) is 25.5. The average molecular weight is 508 g/mol. The monoisotopic (exact) mass is 507 g/mol. The molecule has 1 spiro atoms. The Labute approximate surface area is 218 Å². The minimum absolute atomic E-state index is 0.0583. The standard InChI is InChI=1S/C29H37N3O5/c1-28(23-7-6-16-30-21-23)29(37-27(34)32(28)19-20-36-25-8-4-3-5-9-25)14-17-31(18-15-29)26(33)22-10-12-24(35-2)13-11-22/h3-9,16,21-22,24H,10-15,17-20H2,1-2H3. The number of benzene rings is 1. The van der Waals surface area contributed by atoms with Gasteiger partial charge in [0.1, 0.15) is 23.5 Å². The number of likely N-dealkylation sites (tertiary alicyclic amines) is 1. The summed E-state index contributed by atoms with van der Waals surface area (Å²) in [4.78, 5) is 34.8. The molecule has 37 heavy (non-hydrogen) atoms. The van der Waals surface area contributed by atoms with E-state index in [1.165, 1.54) is 0 Å². The molecule has 3 aliphatic rings. The molecule has 1 aromatic heterocycles. The number of nitrogens with zero attached hydrogens (tertiary/aromatic N) is 3. The summed E-state index contributed by atoms with van der Waals surface area (Å²) in [6.45, 7) is 3.94. The van der Waals surface area contributed by atoms with E-state index in [0.29, 0.717) is 39.1 Å². The lowest BCUT2D eigenvalue weighted by molar-refractivity contribution is -0.143. The maximum atomic E-state index is 13.3. The smallest absolute Gasteiger partial charge is 0.411 e. The van der Waals surface area contributed by atoms with Crippen LogP contribution in [0.25, 0.3) is 0 Å². The summed E-state index contributed by atoms with van der Waals surface area (Å²) in [5, 5.41) is 0. The van der Waals surface area contributed by atoms with E-state index in [2.05, 4.69) is 11.9 Å². The molecule has 198 valence electrons. The van der Waals surface area contributed by atoms with E-state index < -0.39 is 11.1 Å². The number of para-hydroxylation sites is 1. The summed E-state index contributed by atoms with van der Waals surface area (Å²) in [6.07, 6.45) is 8.25. The number of hydrogen-bond donors (Lipinski definition) is 0. The number of rotatable bonds is 7. The molecule has 0 bridgehead atoms. The number of ether oxygens (including phenoxy) is 3. The van der Waals surface area contributed by atoms with Crippen molar-refractivity contribution in [1.82, 2.24) is 14.8 Å². The van der Waals surface area contributed by atoms with Gasteiger partial charge in [-0.05, 0) is 56.4 Å². The van der Waals surface area contributed by atoms with Gasteiger partial charge in [-0.1, -0.05) is 24.3 Å². The minimum Gasteiger partial charge on any atom is -0.492 e. The third kappa shape index (κ3) is 4.79. The van der Waals surface area contributed by atoms with E-state index in [1.807, 2.05) is 53.6 Å². The van der Waals surface area contributed by atoms with Crippen LogP contribution in [0.3, 0.4) is 0 Å². The van der Waals surface area contributed by atoms with Gasteiger partial charge < -0.3 is 19.1 Å². The lowest BCUT2D eigenvalue weighted by Crippen LogP contribution is -2.59. The third-order valence-corrected chi connectivity index (χ3v) is 8.72. The zero-order valence-corrected chi connectivity index (χ0v) is 21.8. The fourth-order valence-electron chi connectivity index (χ4n) is 6.39. The predicted octanol–water partition coefficient (Wildman–Crippen LogP) is 4.39. The number of amides is 2. The normalized spacial score (nSPS) is 27.2. The molecule has 2 saturated heterocycles. The van der Waals surface area contributed by atoms with E-state index in [9.17, 15) is 9.59 Å². The highest BCUT2D eigenvalue weighted by Gasteiger charge is 2.64. The molecule has 3 fully saturated rings. The quantitative estimate of drug-likeness (QED) is 0.553. The topological polar surface area (TPSA) is 81.2 Å². The number of aromatic nitrogens is 1. The lowest BCUT2D eigenvalue weighted by Gasteiger charge is -2.48. The summed E-state index contributed by atoms with van der Waals surface area (Å²) >= 11 is 0. The third-order valence-electron chi connectivity index (χ3n) is 8.72. The fraction of sp³-hybridized carbons (Fsp3) is 0.552. The molecule has 0 N–H and O–H groups in total. The van der Waals surface area contributed by atoms with Crippen molar-refractivity contribution in [3.05, 3.63) is 60.4 Å². The maximum Gasteiger partial charge on any atom is 0.411 e. The Balaban J connectivity index is 1.31. The van der Waals surface area contributed by atoms with Crippen LogP contribution in [0.15, 0.2) is 54.9 Å². The lowest BCUT2D eigenvalue weighted by atomic mass is 9.70. The molecule has 1 aliphatic carbocycles. The number of carbonyl (C=O) groups is 2. The van der Waals surface area contributed by atoms with Crippen LogP contribution in [-0.2, 0) is 19.8 Å². The summed E-state index contributed by atoms with van der Waals surface area (Å²) in [7, 11) is 1.75. The summed E-state index contributed by atoms with van der Waals surface area (Å²) in [5.74, 6) is 1.05. The van der Waals surface area contributed by atoms with Gasteiger partial charge >= 0.3 is 6.09 Å². The van der Waals surface area contributed by atoms with Gasteiger partial charge in [0.2, 0.25) is 5.91 Å². The first-order valence-electron chi connectivity index (χ1n) is 13.4. The number of pyridine rings is 1. The number of hydrogen-bond acceptors (Lipinski definition) is 6. The van der Waals surface area contributed by atoms with Crippen molar-refractivity contribution in [3.8, 4) is 5.75 Å². The van der Waals surface area contributed by atoms with E-state index >= 15 is 0 Å². The molecular formula is C29H37N3O5. The molecule has 8 heteroatoms. The van der Waals surface area contributed by atoms with Crippen molar-refractivity contribution < 1.29 is 23.8 Å². The largest absolute Gasteiger partial charge is 0.492 e. The van der Waals surface area contributed by atoms with Crippen LogP contribution in [-0.4, -0.2) is 71.8 Å². The zero-order valence-electron chi connectivity index (χ0n) is 21.8. The van der Waals surface area contributed by atoms with Crippen LogP contribution in [0.4, 0.5) is 4.79 Å². The summed E-state index contributed by atoms with van der Waals surface area (Å²) in [6, 6.07) is 13.5. The molecule has 2 aliphatic heterocycles. The van der Waals surface area contributed by atoms with Crippen LogP contribution in [0.1, 0.15) is 51.0 Å². The van der Waals surface area contributed by atoms with Crippen molar-refractivity contribution >= 4 is 12.0 Å². The second-order valence-electron chi connectivity index (χ2n) is 10.5. The first-order chi connectivity index (χ1) is 18.0. The van der Waals surface area contributed by atoms with E-state index in [0.717, 1.165) is 37.0 Å². The molecule has 1 saturated carbocycles. The van der Waals surface area contributed by atoms with Gasteiger partial charge in [-0.25, -0.2) is 4.79 Å². The van der Waals surface area contributed by atoms with E-state index in [1.54, 1.807) is 18.2 Å². The van der Waals surface area contributed by atoms with Crippen LogP contribution in [0.5, 0.6) is 5.75 Å². The maximum absolute atomic E-state index is 13.3. The first-order valence-corrected chi connectivity index (χ1v) is 13.4. The molecule has 2 aromatic rings. The van der Waals surface area contributed by atoms with Crippen LogP contribution in [0.2, 0.25) is 0 Å². The Morgan fingerprint density at radius 1 is 1.08 bits per heavy atom. The molecule has 1 atom stereocenters. The number of piperidine rings is 1. The molecule has 1 unspecified atom stereocenters. The predicted molar refractivity (Wildman–Crippen MR) is 138 cm³/mol. The van der Waals surface area contributed by atoms with E-state index in [-0.39, 0.29) is 24.0 Å². The van der Waals surface area contributed by atoms with E-state index in [4.69, 9.17) is 14.2 Å². The van der Waals surface area contributed by atoms with Crippen molar-refractivity contribution in [2.24, 2.45) is 5.92 Å². The molecule has 3 heterocycles. The molecule has 5 rings (SSSR count). The van der Waals surface area contributed by atoms with Gasteiger partial charge in [0.05, 0.1) is 12.6 Å². The van der Waals surface area contributed by atoms with Gasteiger partial charge in [0, 0.05) is 51.4 Å². The Morgan fingerprint density at radius 2 is 1.81 bits per heavy atom. The summed E-state index contributed by atoms with van der Waals surface area (Å²) < 4.78 is 17.6. The Hall–Kier alpha value is -3.13. The fourth-order valence-corrected chi connectivity index (χ4v) is 6.39. The molecular weight excluding hydrogens is 470 g/mol. The van der Waals surface area contributed by atoms with Gasteiger partial charge in [-0.2, -0.15) is 0 Å². The molecule has 8 nitrogen and oxygen atoms in total. The Morgan fingerprint density at radius 3 is 2.46 bits per heavy atom. The Bertz CT molecular complexity index is 1070. The second kappa shape index (κ2) is 10.7. The van der Waals surface area contributed by atoms with Crippen LogP contribution >= 0.6 is 0 Å². The minimum atomic E-state index is -0.746. The Kier molecular flexibility index (Phi) is 7.38. The summed E-state index contributed by atoms with van der Waals surface area (Å²) in [5.41, 5.74) is -0.549. The van der Waals surface area contributed by atoms with Gasteiger partial charge in [-0.3, -0.25) is 14.7 Å². The highest BCUT2D eigenvalue weighted by Crippen LogP contribution is 2.52. The van der Waals surface area contributed by atoms with Gasteiger partial charge in [0.25, 0.3) is 0 Å². The molecule has 2 amide bonds. The second-order valence-corrected chi connectivity index (χ2v) is 10.5. The average Bonchev–Trinajstić information content (AvgIpc) is 3.15. The number of methoxy groups -OCH3 is 1. The SMILES string of the molecule is COC1CCC(C(=O)N2CCC3(CC2)OC(=O)N(CCOc2ccccc2)C3(C)c2cccnc2)CC1. The van der Waals surface area contributed by atoms with Gasteiger partial charge in [0.15, 0.2) is 0 Å². The van der Waals surface area contributed by atoms with Crippen LogP contribution < -0.4 is 4.74 Å². The van der Waals surface area contributed by atoms with Crippen molar-refractivity contribution in [3.63, 3.8) is 0 Å². The van der Waals surface area contributed by atoms with Crippen molar-refractivity contribution in [2.75, 3.05) is 33.4 Å². The highest BCUT2D eigenvalue weighted by molar-refractivity contribution is 5.79. The molecule has 0 radical (unpaired) electrons.